The van der Waals surface area contributed by atoms with Crippen LogP contribution in [0.3, 0.4) is 0 Å². The van der Waals surface area contributed by atoms with Gasteiger partial charge in [0.25, 0.3) is 0 Å². The molecule has 0 radical (unpaired) electrons. The summed E-state index contributed by atoms with van der Waals surface area (Å²) < 4.78 is 13.1. The van der Waals surface area contributed by atoms with E-state index in [9.17, 15) is 9.18 Å². The first kappa shape index (κ1) is 12.3. The zero-order valence-electron chi connectivity index (χ0n) is 10.2. The number of hydrogen-bond acceptors (Lipinski definition) is 4. The van der Waals surface area contributed by atoms with Crippen LogP contribution in [-0.2, 0) is 11.3 Å². The molecule has 2 aromatic rings. The Hall–Kier alpha value is -2.11. The molecule has 0 aliphatic carbocycles. The minimum atomic E-state index is -0.261. The van der Waals surface area contributed by atoms with Crippen molar-refractivity contribution in [2.75, 3.05) is 0 Å². The van der Waals surface area contributed by atoms with E-state index < -0.39 is 0 Å². The molecule has 2 rings (SSSR count). The molecule has 18 heavy (non-hydrogen) atoms. The molecule has 0 aliphatic heterocycles. The fourth-order valence-electron chi connectivity index (χ4n) is 1.49. The Kier molecular flexibility index (Phi) is 3.45. The number of ketones is 1. The van der Waals surface area contributed by atoms with E-state index in [0.29, 0.717) is 29.9 Å². The van der Waals surface area contributed by atoms with Gasteiger partial charge in [0.1, 0.15) is 11.6 Å². The van der Waals surface area contributed by atoms with Crippen molar-refractivity contribution in [3.8, 4) is 11.4 Å². The quantitative estimate of drug-likeness (QED) is 0.827. The Morgan fingerprint density at radius 2 is 2.22 bits per heavy atom. The Balaban J connectivity index is 2.18. The molecule has 0 amide bonds. The van der Waals surface area contributed by atoms with Crippen LogP contribution >= 0.6 is 0 Å². The molecular formula is C12H13FN4O. The van der Waals surface area contributed by atoms with Gasteiger partial charge in [-0.2, -0.15) is 4.80 Å². The van der Waals surface area contributed by atoms with E-state index in [4.69, 9.17) is 0 Å². The summed E-state index contributed by atoms with van der Waals surface area (Å²) in [5.74, 6) is 0.246. The molecule has 0 unspecified atom stereocenters. The lowest BCUT2D eigenvalue weighted by atomic mass is 10.1. The first-order valence-electron chi connectivity index (χ1n) is 5.60. The summed E-state index contributed by atoms with van der Waals surface area (Å²) in [5, 5.41) is 11.9. The summed E-state index contributed by atoms with van der Waals surface area (Å²) in [6.45, 7) is 3.60. The third kappa shape index (κ3) is 2.77. The Morgan fingerprint density at radius 3 is 2.89 bits per heavy atom. The van der Waals surface area contributed by atoms with Gasteiger partial charge in [-0.3, -0.25) is 4.79 Å². The van der Waals surface area contributed by atoms with E-state index in [2.05, 4.69) is 15.4 Å². The number of benzene rings is 1. The number of rotatable bonds is 4. The lowest BCUT2D eigenvalue weighted by molar-refractivity contribution is -0.117. The highest BCUT2D eigenvalue weighted by Gasteiger charge is 2.08. The van der Waals surface area contributed by atoms with E-state index in [0.717, 1.165) is 0 Å². The van der Waals surface area contributed by atoms with Crippen LogP contribution in [-0.4, -0.2) is 26.0 Å². The van der Waals surface area contributed by atoms with E-state index in [1.165, 1.54) is 17.8 Å². The third-order valence-electron chi connectivity index (χ3n) is 2.53. The second-order valence-corrected chi connectivity index (χ2v) is 4.12. The lowest BCUT2D eigenvalue weighted by Crippen LogP contribution is -2.06. The van der Waals surface area contributed by atoms with Gasteiger partial charge in [-0.1, -0.05) is 0 Å². The summed E-state index contributed by atoms with van der Waals surface area (Å²) in [4.78, 5) is 12.2. The fourth-order valence-corrected chi connectivity index (χ4v) is 1.49. The van der Waals surface area contributed by atoms with Crippen molar-refractivity contribution in [1.29, 1.82) is 0 Å². The summed E-state index contributed by atoms with van der Waals surface area (Å²) in [6.07, 6.45) is 0.373. The third-order valence-corrected chi connectivity index (χ3v) is 2.53. The van der Waals surface area contributed by atoms with Crippen molar-refractivity contribution in [3.05, 3.63) is 29.6 Å². The monoisotopic (exact) mass is 248 g/mol. The number of hydrogen-bond donors (Lipinski definition) is 0. The fraction of sp³-hybridized carbons (Fsp3) is 0.333. The van der Waals surface area contributed by atoms with Crippen LogP contribution in [0, 0.1) is 12.7 Å². The molecule has 0 saturated heterocycles. The topological polar surface area (TPSA) is 60.7 Å². The number of tetrazole rings is 1. The Bertz CT molecular complexity index is 579. The molecule has 6 heteroatoms. The van der Waals surface area contributed by atoms with E-state index in [1.807, 2.05) is 0 Å². The molecular weight excluding hydrogens is 235 g/mol. The summed E-state index contributed by atoms with van der Waals surface area (Å²) in [6, 6.07) is 4.65. The first-order chi connectivity index (χ1) is 8.56. The van der Waals surface area contributed by atoms with Gasteiger partial charge < -0.3 is 0 Å². The van der Waals surface area contributed by atoms with Crippen LogP contribution in [0.5, 0.6) is 0 Å². The van der Waals surface area contributed by atoms with Crippen LogP contribution in [0.2, 0.25) is 0 Å². The van der Waals surface area contributed by atoms with Crippen molar-refractivity contribution in [2.24, 2.45) is 0 Å². The molecule has 0 saturated carbocycles. The smallest absolute Gasteiger partial charge is 0.204 e. The minimum Gasteiger partial charge on any atom is -0.300 e. The van der Waals surface area contributed by atoms with Crippen LogP contribution in [0.1, 0.15) is 18.9 Å². The maximum absolute atomic E-state index is 13.1. The number of aryl methyl sites for hydroxylation is 2. The van der Waals surface area contributed by atoms with Gasteiger partial charge in [0.2, 0.25) is 5.82 Å². The number of carbonyl (C=O) groups excluding carboxylic acids is 1. The predicted molar refractivity (Wildman–Crippen MR) is 63.2 cm³/mol. The normalized spacial score (nSPS) is 10.6. The Labute approximate surface area is 104 Å². The summed E-state index contributed by atoms with van der Waals surface area (Å²) in [7, 11) is 0. The molecule has 0 spiro atoms. The van der Waals surface area contributed by atoms with Gasteiger partial charge in [0.05, 0.1) is 6.54 Å². The van der Waals surface area contributed by atoms with Crippen LogP contribution in [0.15, 0.2) is 18.2 Å². The molecule has 1 aromatic heterocycles. The van der Waals surface area contributed by atoms with Gasteiger partial charge in [0, 0.05) is 12.0 Å². The van der Waals surface area contributed by atoms with Crippen molar-refractivity contribution in [2.45, 2.75) is 26.8 Å². The molecule has 94 valence electrons. The van der Waals surface area contributed by atoms with E-state index in [-0.39, 0.29) is 11.6 Å². The molecule has 0 bridgehead atoms. The number of halogens is 1. The molecule has 0 N–H and O–H groups in total. The number of carbonyl (C=O) groups is 1. The summed E-state index contributed by atoms with van der Waals surface area (Å²) in [5.41, 5.74) is 1.25. The Morgan fingerprint density at radius 1 is 1.44 bits per heavy atom. The second-order valence-electron chi connectivity index (χ2n) is 4.12. The maximum Gasteiger partial charge on any atom is 0.204 e. The average Bonchev–Trinajstić information content (AvgIpc) is 2.79. The second kappa shape index (κ2) is 5.03. The zero-order chi connectivity index (χ0) is 13.1. The average molecular weight is 248 g/mol. The number of nitrogens with zero attached hydrogens (tertiary/aromatic N) is 4. The molecule has 1 aromatic carbocycles. The first-order valence-corrected chi connectivity index (χ1v) is 5.60. The molecule has 0 fully saturated rings. The largest absolute Gasteiger partial charge is 0.300 e. The molecule has 1 heterocycles. The van der Waals surface area contributed by atoms with Crippen molar-refractivity contribution >= 4 is 5.78 Å². The highest BCUT2D eigenvalue weighted by molar-refractivity contribution is 5.75. The minimum absolute atomic E-state index is 0.0754. The summed E-state index contributed by atoms with van der Waals surface area (Å²) >= 11 is 0. The van der Waals surface area contributed by atoms with Gasteiger partial charge in [-0.15, -0.1) is 10.2 Å². The van der Waals surface area contributed by atoms with E-state index >= 15 is 0 Å². The lowest BCUT2D eigenvalue weighted by Gasteiger charge is -1.98. The molecule has 5 nitrogen and oxygen atoms in total. The number of aromatic nitrogens is 4. The van der Waals surface area contributed by atoms with E-state index in [1.54, 1.807) is 19.1 Å². The SMILES string of the molecule is CC(=O)CCn1nnc(-c2ccc(F)c(C)c2)n1. The van der Waals surface area contributed by atoms with Gasteiger partial charge in [-0.05, 0) is 42.8 Å². The van der Waals surface area contributed by atoms with Crippen molar-refractivity contribution in [3.63, 3.8) is 0 Å². The molecule has 0 atom stereocenters. The van der Waals surface area contributed by atoms with Gasteiger partial charge in [-0.25, -0.2) is 4.39 Å². The molecule has 0 aliphatic rings. The predicted octanol–water partition coefficient (Wildman–Crippen LogP) is 1.77. The van der Waals surface area contributed by atoms with Gasteiger partial charge in [0.15, 0.2) is 0 Å². The highest BCUT2D eigenvalue weighted by Crippen LogP contribution is 2.17. The van der Waals surface area contributed by atoms with Crippen LogP contribution < -0.4 is 0 Å². The van der Waals surface area contributed by atoms with Crippen molar-refractivity contribution < 1.29 is 9.18 Å². The zero-order valence-corrected chi connectivity index (χ0v) is 10.2. The van der Waals surface area contributed by atoms with Gasteiger partial charge >= 0.3 is 0 Å². The highest BCUT2D eigenvalue weighted by atomic mass is 19.1. The maximum atomic E-state index is 13.1. The standard InChI is InChI=1S/C12H13FN4O/c1-8-7-10(3-4-11(8)13)12-14-16-17(15-12)6-5-9(2)18/h3-4,7H,5-6H2,1-2H3. The van der Waals surface area contributed by atoms with Crippen molar-refractivity contribution in [1.82, 2.24) is 20.2 Å². The van der Waals surface area contributed by atoms with Crippen LogP contribution in [0.4, 0.5) is 4.39 Å². The number of Topliss-reactive ketones (excluding diaryl/α,β-unsaturated/α-hetero) is 1. The van der Waals surface area contributed by atoms with Crippen LogP contribution in [0.25, 0.3) is 11.4 Å².